The van der Waals surface area contributed by atoms with Gasteiger partial charge in [-0.3, -0.25) is 15.0 Å². The lowest BCUT2D eigenvalue weighted by molar-refractivity contribution is -0.556. The highest BCUT2D eigenvalue weighted by atomic mass is 16.6. The van der Waals surface area contributed by atoms with Crippen LogP contribution in [0.3, 0.4) is 0 Å². The monoisotopic (exact) mass is 350 g/mol. The standard InChI is InChI=1S/C18H30N4O3/c1-14(22(24)25)18(23,17-19-12-13-20-17)21(15-8-4-2-5-9-15)16-10-6-3-7-11-16/h12-16,23H,2-11H2,1H3,(H,19,20). The number of imidazole rings is 1. The number of hydrogen-bond acceptors (Lipinski definition) is 5. The highest BCUT2D eigenvalue weighted by Crippen LogP contribution is 2.40. The van der Waals surface area contributed by atoms with E-state index < -0.39 is 11.8 Å². The molecule has 2 atom stereocenters. The van der Waals surface area contributed by atoms with Crippen molar-refractivity contribution < 1.29 is 10.0 Å². The summed E-state index contributed by atoms with van der Waals surface area (Å²) in [7, 11) is 0. The van der Waals surface area contributed by atoms with Crippen LogP contribution in [0.2, 0.25) is 0 Å². The molecule has 3 rings (SSSR count). The topological polar surface area (TPSA) is 95.3 Å². The molecule has 0 aromatic carbocycles. The number of aliphatic hydroxyl groups is 1. The Kier molecular flexibility index (Phi) is 5.74. The van der Waals surface area contributed by atoms with Gasteiger partial charge < -0.3 is 10.1 Å². The molecule has 2 fully saturated rings. The number of nitro groups is 1. The van der Waals surface area contributed by atoms with Gasteiger partial charge in [0.25, 0.3) is 6.04 Å². The smallest absolute Gasteiger partial charge is 0.259 e. The van der Waals surface area contributed by atoms with Crippen LogP contribution in [0.15, 0.2) is 12.4 Å². The molecule has 2 aliphatic rings. The van der Waals surface area contributed by atoms with Crippen molar-refractivity contribution in [3.8, 4) is 0 Å². The molecule has 140 valence electrons. The van der Waals surface area contributed by atoms with Gasteiger partial charge in [0.15, 0.2) is 5.82 Å². The Morgan fingerprint density at radius 1 is 1.20 bits per heavy atom. The molecule has 2 aliphatic carbocycles. The molecule has 1 aromatic heterocycles. The number of aromatic nitrogens is 2. The molecule has 2 unspecified atom stereocenters. The van der Waals surface area contributed by atoms with Crippen molar-refractivity contribution in [3.63, 3.8) is 0 Å². The molecule has 0 spiro atoms. The van der Waals surface area contributed by atoms with Crippen LogP contribution >= 0.6 is 0 Å². The molecule has 2 N–H and O–H groups in total. The first-order valence-corrected chi connectivity index (χ1v) is 9.69. The van der Waals surface area contributed by atoms with E-state index in [1.807, 2.05) is 0 Å². The van der Waals surface area contributed by atoms with E-state index in [0.29, 0.717) is 5.82 Å². The van der Waals surface area contributed by atoms with E-state index in [4.69, 9.17) is 0 Å². The van der Waals surface area contributed by atoms with Crippen molar-refractivity contribution in [2.24, 2.45) is 0 Å². The van der Waals surface area contributed by atoms with Crippen LogP contribution in [0, 0.1) is 10.1 Å². The van der Waals surface area contributed by atoms with E-state index in [2.05, 4.69) is 14.9 Å². The quantitative estimate of drug-likeness (QED) is 0.467. The third-order valence-corrected chi connectivity index (χ3v) is 6.08. The molecule has 2 saturated carbocycles. The number of nitrogens with zero attached hydrogens (tertiary/aromatic N) is 3. The number of aromatic amines is 1. The molecule has 7 heteroatoms. The summed E-state index contributed by atoms with van der Waals surface area (Å²) in [5, 5.41) is 23.5. The molecule has 0 bridgehead atoms. The first-order valence-electron chi connectivity index (χ1n) is 9.69. The van der Waals surface area contributed by atoms with Gasteiger partial charge in [-0.15, -0.1) is 0 Å². The van der Waals surface area contributed by atoms with E-state index in [9.17, 15) is 15.2 Å². The van der Waals surface area contributed by atoms with E-state index in [1.165, 1.54) is 19.8 Å². The number of H-pyrrole nitrogens is 1. The summed E-state index contributed by atoms with van der Waals surface area (Å²) in [5.74, 6) is 0.299. The maximum absolute atomic E-state index is 11.8. The number of rotatable bonds is 6. The molecule has 0 radical (unpaired) electrons. The molecular weight excluding hydrogens is 320 g/mol. The maximum Gasteiger partial charge on any atom is 0.259 e. The van der Waals surface area contributed by atoms with Crippen LogP contribution in [0.5, 0.6) is 0 Å². The summed E-state index contributed by atoms with van der Waals surface area (Å²) in [6.07, 6.45) is 14.0. The van der Waals surface area contributed by atoms with Crippen LogP contribution in [0.25, 0.3) is 0 Å². The zero-order chi connectivity index (χ0) is 17.9. The maximum atomic E-state index is 11.8. The van der Waals surface area contributed by atoms with E-state index in [0.717, 1.165) is 51.4 Å². The van der Waals surface area contributed by atoms with Crippen molar-refractivity contribution in [1.82, 2.24) is 14.9 Å². The number of hydrogen-bond donors (Lipinski definition) is 2. The van der Waals surface area contributed by atoms with E-state index >= 15 is 0 Å². The molecular formula is C18H30N4O3. The van der Waals surface area contributed by atoms with Gasteiger partial charge in [-0.2, -0.15) is 0 Å². The fraction of sp³-hybridized carbons (Fsp3) is 0.833. The third kappa shape index (κ3) is 3.58. The normalized spacial score (nSPS) is 24.1. The first-order chi connectivity index (χ1) is 12.0. The van der Waals surface area contributed by atoms with Gasteiger partial charge in [0.1, 0.15) is 0 Å². The summed E-state index contributed by atoms with van der Waals surface area (Å²) >= 11 is 0. The zero-order valence-electron chi connectivity index (χ0n) is 15.1. The fourth-order valence-electron chi connectivity index (χ4n) is 4.72. The molecule has 1 heterocycles. The predicted molar refractivity (Wildman–Crippen MR) is 94.5 cm³/mol. The van der Waals surface area contributed by atoms with Crippen LogP contribution in [0.1, 0.15) is 77.0 Å². The first kappa shape index (κ1) is 18.3. The average Bonchev–Trinajstić information content (AvgIpc) is 3.18. The Hall–Kier alpha value is -1.47. The molecule has 7 nitrogen and oxygen atoms in total. The van der Waals surface area contributed by atoms with Crippen molar-refractivity contribution in [1.29, 1.82) is 0 Å². The predicted octanol–water partition coefficient (Wildman–Crippen LogP) is 3.19. The lowest BCUT2D eigenvalue weighted by Crippen LogP contribution is -2.63. The third-order valence-electron chi connectivity index (χ3n) is 6.08. The SMILES string of the molecule is CC([N+](=O)[O-])C(O)(c1ncc[nH]1)N(C1CCCCC1)C1CCCCC1. The summed E-state index contributed by atoms with van der Waals surface area (Å²) in [6.45, 7) is 1.50. The Bertz CT molecular complexity index is 535. The second-order valence-corrected chi connectivity index (χ2v) is 7.62. The highest BCUT2D eigenvalue weighted by molar-refractivity contribution is 5.08. The minimum atomic E-state index is -1.70. The molecule has 0 amide bonds. The Labute approximate surface area is 149 Å². The molecule has 0 saturated heterocycles. The second kappa shape index (κ2) is 7.83. The Morgan fingerprint density at radius 2 is 1.72 bits per heavy atom. The van der Waals surface area contributed by atoms with Crippen molar-refractivity contribution in [2.45, 2.75) is 95.0 Å². The van der Waals surface area contributed by atoms with Gasteiger partial charge in [0, 0.05) is 36.3 Å². The van der Waals surface area contributed by atoms with E-state index in [1.54, 1.807) is 12.4 Å². The van der Waals surface area contributed by atoms with Crippen molar-refractivity contribution in [2.75, 3.05) is 0 Å². The lowest BCUT2D eigenvalue weighted by Gasteiger charge is -2.49. The van der Waals surface area contributed by atoms with Crippen LogP contribution in [-0.2, 0) is 5.72 Å². The molecule has 25 heavy (non-hydrogen) atoms. The van der Waals surface area contributed by atoms with Gasteiger partial charge in [0.05, 0.1) is 0 Å². The molecule has 0 aliphatic heterocycles. The minimum Gasteiger partial charge on any atom is -0.363 e. The minimum absolute atomic E-state index is 0.175. The summed E-state index contributed by atoms with van der Waals surface area (Å²) in [4.78, 5) is 20.6. The summed E-state index contributed by atoms with van der Waals surface area (Å²) < 4.78 is 0. The van der Waals surface area contributed by atoms with Gasteiger partial charge in [0.2, 0.25) is 5.72 Å². The van der Waals surface area contributed by atoms with Crippen LogP contribution in [0.4, 0.5) is 0 Å². The van der Waals surface area contributed by atoms with Crippen LogP contribution < -0.4 is 0 Å². The van der Waals surface area contributed by atoms with Gasteiger partial charge in [-0.25, -0.2) is 4.98 Å². The van der Waals surface area contributed by atoms with Crippen LogP contribution in [-0.4, -0.2) is 43.0 Å². The number of nitrogens with one attached hydrogen (secondary N) is 1. The second-order valence-electron chi connectivity index (χ2n) is 7.62. The van der Waals surface area contributed by atoms with Gasteiger partial charge in [-0.05, 0) is 25.7 Å². The highest BCUT2D eigenvalue weighted by Gasteiger charge is 2.55. The molecule has 1 aromatic rings. The zero-order valence-corrected chi connectivity index (χ0v) is 15.1. The summed E-state index contributed by atoms with van der Waals surface area (Å²) in [5.41, 5.74) is -1.70. The van der Waals surface area contributed by atoms with Crippen molar-refractivity contribution >= 4 is 0 Å². The van der Waals surface area contributed by atoms with Gasteiger partial charge in [-0.1, -0.05) is 38.5 Å². The largest absolute Gasteiger partial charge is 0.363 e. The van der Waals surface area contributed by atoms with E-state index in [-0.39, 0.29) is 17.0 Å². The van der Waals surface area contributed by atoms with Gasteiger partial charge >= 0.3 is 0 Å². The Balaban J connectivity index is 2.03. The fourth-order valence-corrected chi connectivity index (χ4v) is 4.72. The average molecular weight is 350 g/mol. The van der Waals surface area contributed by atoms with Crippen molar-refractivity contribution in [3.05, 3.63) is 28.3 Å². The Morgan fingerprint density at radius 3 is 2.12 bits per heavy atom. The lowest BCUT2D eigenvalue weighted by atomic mass is 9.85. The summed E-state index contributed by atoms with van der Waals surface area (Å²) in [6, 6.07) is -0.800.